The second-order valence-electron chi connectivity index (χ2n) is 3.71. The van der Waals surface area contributed by atoms with Gasteiger partial charge in [0.2, 0.25) is 11.0 Å². The number of aromatic nitrogens is 2. The van der Waals surface area contributed by atoms with Crippen molar-refractivity contribution in [3.8, 4) is 0 Å². The van der Waals surface area contributed by atoms with Gasteiger partial charge in [-0.2, -0.15) is 0 Å². The molecule has 0 aliphatic carbocycles. The number of anilines is 1. The maximum atomic E-state index is 11.4. The average molecular weight is 243 g/mol. The molecule has 0 unspecified atom stereocenters. The number of hydrogen-bond acceptors (Lipinski definition) is 6. The summed E-state index contributed by atoms with van der Waals surface area (Å²) in [6, 6.07) is 0. The van der Waals surface area contributed by atoms with Gasteiger partial charge in [0.05, 0.1) is 13.1 Å². The molecule has 0 aliphatic heterocycles. The summed E-state index contributed by atoms with van der Waals surface area (Å²) in [6.45, 7) is 1.03. The number of likely N-dealkylation sites (N-methyl/N-ethyl adjacent to an activating group) is 2. The molecule has 0 fully saturated rings. The van der Waals surface area contributed by atoms with Crippen molar-refractivity contribution >= 4 is 22.4 Å². The molecule has 7 heteroatoms. The van der Waals surface area contributed by atoms with Crippen LogP contribution in [0.4, 0.5) is 5.13 Å². The van der Waals surface area contributed by atoms with Crippen molar-refractivity contribution < 1.29 is 4.79 Å². The van der Waals surface area contributed by atoms with E-state index in [1.54, 1.807) is 19.0 Å². The largest absolute Gasteiger partial charge is 0.363 e. The van der Waals surface area contributed by atoms with E-state index in [0.29, 0.717) is 13.1 Å². The molecule has 1 rings (SSSR count). The third kappa shape index (κ3) is 3.74. The summed E-state index contributed by atoms with van der Waals surface area (Å²) in [5, 5.41) is 12.6. The molecular formula is C9H17N5OS. The molecule has 0 spiro atoms. The van der Waals surface area contributed by atoms with Crippen LogP contribution < -0.4 is 5.32 Å². The molecule has 1 amide bonds. The van der Waals surface area contributed by atoms with E-state index in [2.05, 4.69) is 15.5 Å². The van der Waals surface area contributed by atoms with E-state index in [1.807, 2.05) is 19.0 Å². The van der Waals surface area contributed by atoms with Crippen LogP contribution in [0, 0.1) is 0 Å². The van der Waals surface area contributed by atoms with Gasteiger partial charge in [-0.3, -0.25) is 9.69 Å². The lowest BCUT2D eigenvalue weighted by atomic mass is 10.5. The van der Waals surface area contributed by atoms with Crippen LogP contribution in [0.3, 0.4) is 0 Å². The highest BCUT2D eigenvalue weighted by Gasteiger charge is 2.11. The minimum atomic E-state index is 0.0841. The predicted octanol–water partition coefficient (Wildman–Crippen LogP) is 0.0998. The van der Waals surface area contributed by atoms with Crippen LogP contribution in [-0.2, 0) is 11.3 Å². The Morgan fingerprint density at radius 3 is 2.56 bits per heavy atom. The molecule has 90 valence electrons. The van der Waals surface area contributed by atoms with Crippen LogP contribution in [-0.4, -0.2) is 60.6 Å². The first-order valence-electron chi connectivity index (χ1n) is 4.91. The van der Waals surface area contributed by atoms with E-state index in [9.17, 15) is 4.79 Å². The van der Waals surface area contributed by atoms with Crippen molar-refractivity contribution in [1.82, 2.24) is 20.0 Å². The average Bonchev–Trinajstić information content (AvgIpc) is 2.65. The van der Waals surface area contributed by atoms with Crippen LogP contribution in [0.25, 0.3) is 0 Å². The van der Waals surface area contributed by atoms with E-state index in [4.69, 9.17) is 0 Å². The molecule has 0 aliphatic rings. The Bertz CT molecular complexity index is 351. The third-order valence-electron chi connectivity index (χ3n) is 1.99. The topological polar surface area (TPSA) is 61.4 Å². The lowest BCUT2D eigenvalue weighted by Crippen LogP contribution is -2.34. The number of nitrogens with zero attached hydrogens (tertiary/aromatic N) is 4. The Morgan fingerprint density at radius 1 is 1.38 bits per heavy atom. The second-order valence-corrected chi connectivity index (χ2v) is 4.77. The normalized spacial score (nSPS) is 10.6. The quantitative estimate of drug-likeness (QED) is 0.795. The highest BCUT2D eigenvalue weighted by molar-refractivity contribution is 7.15. The summed E-state index contributed by atoms with van der Waals surface area (Å²) >= 11 is 1.50. The predicted molar refractivity (Wildman–Crippen MR) is 64.5 cm³/mol. The molecule has 1 aromatic heterocycles. The maximum Gasteiger partial charge on any atom is 0.236 e. The molecule has 6 nitrogen and oxygen atoms in total. The van der Waals surface area contributed by atoms with Gasteiger partial charge in [-0.05, 0) is 7.05 Å². The zero-order chi connectivity index (χ0) is 12.1. The highest BCUT2D eigenvalue weighted by Crippen LogP contribution is 2.15. The van der Waals surface area contributed by atoms with Gasteiger partial charge in [0.25, 0.3) is 0 Å². The van der Waals surface area contributed by atoms with Crippen molar-refractivity contribution in [2.45, 2.75) is 6.54 Å². The molecule has 0 radical (unpaired) electrons. The lowest BCUT2D eigenvalue weighted by molar-refractivity contribution is -0.129. The maximum absolute atomic E-state index is 11.4. The monoisotopic (exact) mass is 243 g/mol. The van der Waals surface area contributed by atoms with Gasteiger partial charge in [-0.15, -0.1) is 10.2 Å². The summed E-state index contributed by atoms with van der Waals surface area (Å²) in [5.74, 6) is 0.0841. The van der Waals surface area contributed by atoms with E-state index in [1.165, 1.54) is 11.3 Å². The van der Waals surface area contributed by atoms with Crippen molar-refractivity contribution in [1.29, 1.82) is 0 Å². The van der Waals surface area contributed by atoms with Gasteiger partial charge in [0.15, 0.2) is 0 Å². The minimum absolute atomic E-state index is 0.0841. The number of carbonyl (C=O) groups is 1. The van der Waals surface area contributed by atoms with Crippen LogP contribution in [0.2, 0.25) is 0 Å². The Hall–Kier alpha value is -1.21. The fourth-order valence-corrected chi connectivity index (χ4v) is 1.85. The van der Waals surface area contributed by atoms with E-state index >= 15 is 0 Å². The smallest absolute Gasteiger partial charge is 0.236 e. The Morgan fingerprint density at radius 2 is 2.06 bits per heavy atom. The van der Waals surface area contributed by atoms with Crippen LogP contribution >= 0.6 is 11.3 Å². The molecule has 16 heavy (non-hydrogen) atoms. The van der Waals surface area contributed by atoms with E-state index < -0.39 is 0 Å². The van der Waals surface area contributed by atoms with Gasteiger partial charge in [0.1, 0.15) is 5.01 Å². The first-order chi connectivity index (χ1) is 7.52. The number of nitrogens with one attached hydrogen (secondary N) is 1. The lowest BCUT2D eigenvalue weighted by Gasteiger charge is -2.17. The molecule has 0 saturated heterocycles. The van der Waals surface area contributed by atoms with E-state index in [-0.39, 0.29) is 5.91 Å². The zero-order valence-corrected chi connectivity index (χ0v) is 10.8. The fourth-order valence-electron chi connectivity index (χ4n) is 1.08. The van der Waals surface area contributed by atoms with Crippen molar-refractivity contribution in [3.05, 3.63) is 5.01 Å². The van der Waals surface area contributed by atoms with Gasteiger partial charge < -0.3 is 10.2 Å². The van der Waals surface area contributed by atoms with Gasteiger partial charge >= 0.3 is 0 Å². The number of carbonyl (C=O) groups excluding carboxylic acids is 1. The SMILES string of the molecule is CNc1nnc(CN(C)CC(=O)N(C)C)s1. The number of hydrogen-bond donors (Lipinski definition) is 1. The highest BCUT2D eigenvalue weighted by atomic mass is 32.1. The van der Waals surface area contributed by atoms with Crippen molar-refractivity contribution in [3.63, 3.8) is 0 Å². The number of amides is 1. The second kappa shape index (κ2) is 5.76. The summed E-state index contributed by atoms with van der Waals surface area (Å²) in [4.78, 5) is 14.9. The molecular weight excluding hydrogens is 226 g/mol. The Balaban J connectivity index is 2.45. The standard InChI is InChI=1S/C9H17N5OS/c1-10-9-12-11-7(16-9)5-14(4)6-8(15)13(2)3/h5-6H2,1-4H3,(H,10,12). The van der Waals surface area contributed by atoms with Crippen molar-refractivity contribution in [2.75, 3.05) is 40.1 Å². The molecule has 1 heterocycles. The molecule has 0 bridgehead atoms. The summed E-state index contributed by atoms with van der Waals surface area (Å²) in [5.41, 5.74) is 0. The van der Waals surface area contributed by atoms with Crippen LogP contribution in [0.15, 0.2) is 0 Å². The summed E-state index contributed by atoms with van der Waals surface area (Å²) in [6.07, 6.45) is 0. The molecule has 1 aromatic rings. The molecule has 0 saturated carbocycles. The summed E-state index contributed by atoms with van der Waals surface area (Å²) in [7, 11) is 7.20. The molecule has 0 atom stereocenters. The van der Waals surface area contributed by atoms with Gasteiger partial charge in [-0.1, -0.05) is 11.3 Å². The first kappa shape index (κ1) is 12.9. The molecule has 1 N–H and O–H groups in total. The third-order valence-corrected chi connectivity index (χ3v) is 2.92. The van der Waals surface area contributed by atoms with Crippen LogP contribution in [0.5, 0.6) is 0 Å². The summed E-state index contributed by atoms with van der Waals surface area (Å²) < 4.78 is 0. The van der Waals surface area contributed by atoms with Gasteiger partial charge in [0, 0.05) is 21.1 Å². The zero-order valence-electron chi connectivity index (χ0n) is 10.0. The van der Waals surface area contributed by atoms with Crippen LogP contribution in [0.1, 0.15) is 5.01 Å². The van der Waals surface area contributed by atoms with Crippen molar-refractivity contribution in [2.24, 2.45) is 0 Å². The number of rotatable bonds is 5. The Kier molecular flexibility index (Phi) is 4.63. The Labute approximate surface area is 99.3 Å². The first-order valence-corrected chi connectivity index (χ1v) is 5.73. The minimum Gasteiger partial charge on any atom is -0.363 e. The molecule has 0 aromatic carbocycles. The fraction of sp³-hybridized carbons (Fsp3) is 0.667. The van der Waals surface area contributed by atoms with E-state index in [0.717, 1.165) is 10.1 Å². The van der Waals surface area contributed by atoms with Gasteiger partial charge in [-0.25, -0.2) is 0 Å².